The molecule has 3 aromatic rings. The van der Waals surface area contributed by atoms with Crippen molar-refractivity contribution < 1.29 is 21.6 Å². The van der Waals surface area contributed by atoms with Gasteiger partial charge in [0.25, 0.3) is 10.2 Å². The number of hydrogen-bond donors (Lipinski definition) is 2. The Hall–Kier alpha value is -2.78. The largest absolute Gasteiger partial charge is 0.333 e. The Bertz CT molecular complexity index is 1460. The summed E-state index contributed by atoms with van der Waals surface area (Å²) in [5, 5.41) is 6.24. The maximum absolute atomic E-state index is 13.9. The fourth-order valence-electron chi connectivity index (χ4n) is 4.34. The van der Waals surface area contributed by atoms with Crippen LogP contribution in [0.4, 0.5) is 13.2 Å². The van der Waals surface area contributed by atoms with E-state index in [1.54, 1.807) is 11.6 Å². The molecule has 0 radical (unpaired) electrons. The van der Waals surface area contributed by atoms with Crippen LogP contribution in [-0.2, 0) is 10.2 Å². The van der Waals surface area contributed by atoms with Gasteiger partial charge < -0.3 is 4.90 Å². The Morgan fingerprint density at radius 3 is 2.75 bits per heavy atom. The van der Waals surface area contributed by atoms with Gasteiger partial charge in [-0.05, 0) is 17.7 Å². The van der Waals surface area contributed by atoms with E-state index >= 15 is 0 Å². The lowest BCUT2D eigenvalue weighted by atomic mass is 9.91. The zero-order chi connectivity index (χ0) is 25.6. The molecule has 0 spiro atoms. The average Bonchev–Trinajstić information content (AvgIpc) is 3.58. The van der Waals surface area contributed by atoms with Crippen molar-refractivity contribution in [2.75, 3.05) is 13.6 Å². The molecule has 0 amide bonds. The molecule has 2 atom stereocenters. The molecular weight excluding hydrogens is 539 g/mol. The molecule has 0 saturated carbocycles. The topological polar surface area (TPSA) is 105 Å². The molecule has 2 aliphatic heterocycles. The van der Waals surface area contributed by atoms with Gasteiger partial charge in [-0.2, -0.15) is 27.0 Å². The molecule has 1 saturated heterocycles. The lowest BCUT2D eigenvalue weighted by molar-refractivity contribution is 0.0566. The third-order valence-corrected chi connectivity index (χ3v) is 8.12. The van der Waals surface area contributed by atoms with Crippen molar-refractivity contribution in [1.29, 1.82) is 0 Å². The Labute approximate surface area is 213 Å². The monoisotopic (exact) mass is 557 g/mol. The molecule has 4 heterocycles. The molecule has 1 aromatic carbocycles. The van der Waals surface area contributed by atoms with E-state index in [4.69, 9.17) is 16.6 Å². The third-order valence-electron chi connectivity index (χ3n) is 5.84. The maximum atomic E-state index is 13.9. The molecule has 0 unspecified atom stereocenters. The molecule has 190 valence electrons. The fraction of sp³-hybridized carbons (Fsp3) is 0.286. The number of nitrogens with one attached hydrogen (secondary N) is 2. The second-order valence-corrected chi connectivity index (χ2v) is 11.0. The van der Waals surface area contributed by atoms with Crippen LogP contribution in [0.3, 0.4) is 0 Å². The summed E-state index contributed by atoms with van der Waals surface area (Å²) in [6.45, 7) is -2.63. The zero-order valence-corrected chi connectivity index (χ0v) is 21.0. The van der Waals surface area contributed by atoms with Crippen LogP contribution in [0, 0.1) is 5.82 Å². The number of thiazole rings is 1. The Morgan fingerprint density at radius 1 is 1.31 bits per heavy atom. The molecule has 9 nitrogen and oxygen atoms in total. The summed E-state index contributed by atoms with van der Waals surface area (Å²) in [5.41, 5.74) is 1.98. The summed E-state index contributed by atoms with van der Waals surface area (Å²) in [6.07, 6.45) is 4.35. The molecule has 1 fully saturated rings. The van der Waals surface area contributed by atoms with E-state index in [0.29, 0.717) is 37.9 Å². The van der Waals surface area contributed by atoms with Crippen molar-refractivity contribution in [3.8, 4) is 0 Å². The number of halogens is 4. The second-order valence-electron chi connectivity index (χ2n) is 8.04. The summed E-state index contributed by atoms with van der Waals surface area (Å²) in [5.74, 6) is -0.0611. The van der Waals surface area contributed by atoms with Crippen molar-refractivity contribution >= 4 is 44.6 Å². The first-order valence-corrected chi connectivity index (χ1v) is 13.4. The number of aliphatic imine (C=N–C) groups is 1. The fourth-order valence-corrected chi connectivity index (χ4v) is 5.97. The Kier molecular flexibility index (Phi) is 6.63. The highest BCUT2D eigenvalue weighted by Gasteiger charge is 2.41. The molecular formula is C21H19ClF3N7O2S2. The van der Waals surface area contributed by atoms with Crippen molar-refractivity contribution in [1.82, 2.24) is 29.1 Å². The van der Waals surface area contributed by atoms with Crippen LogP contribution in [0.15, 0.2) is 52.9 Å². The summed E-state index contributed by atoms with van der Waals surface area (Å²) in [4.78, 5) is 11.1. The van der Waals surface area contributed by atoms with Crippen molar-refractivity contribution in [2.24, 2.45) is 4.99 Å². The predicted octanol–water partition coefficient (Wildman–Crippen LogP) is 3.57. The van der Waals surface area contributed by atoms with E-state index in [-0.39, 0.29) is 18.0 Å². The minimum absolute atomic E-state index is 0.112. The number of hydrogen-bond acceptors (Lipinski definition) is 7. The van der Waals surface area contributed by atoms with E-state index in [1.807, 2.05) is 4.90 Å². The molecule has 36 heavy (non-hydrogen) atoms. The molecule has 2 aliphatic rings. The number of fused-ring (bicyclic) bond motifs is 1. The van der Waals surface area contributed by atoms with Crippen LogP contribution in [0.2, 0.25) is 5.02 Å². The first-order chi connectivity index (χ1) is 17.2. The summed E-state index contributed by atoms with van der Waals surface area (Å²) >= 11 is 7.76. The number of alkyl halides is 2. The van der Waals surface area contributed by atoms with Crippen LogP contribution in [-0.4, -0.2) is 53.6 Å². The normalized spacial score (nSPS) is 20.3. The van der Waals surface area contributed by atoms with Crippen LogP contribution in [0.1, 0.15) is 35.1 Å². The number of rotatable bonds is 7. The third kappa shape index (κ3) is 4.66. The lowest BCUT2D eigenvalue weighted by Gasteiger charge is -2.32. The minimum atomic E-state index is -3.76. The van der Waals surface area contributed by atoms with E-state index < -0.39 is 34.7 Å². The van der Waals surface area contributed by atoms with Gasteiger partial charge in [-0.15, -0.1) is 11.3 Å². The molecule has 0 aliphatic carbocycles. The average molecular weight is 558 g/mol. The Morgan fingerprint density at radius 2 is 2.11 bits per heavy atom. The van der Waals surface area contributed by atoms with Gasteiger partial charge in [-0.25, -0.2) is 18.8 Å². The van der Waals surface area contributed by atoms with Gasteiger partial charge in [-0.1, -0.05) is 17.7 Å². The zero-order valence-electron chi connectivity index (χ0n) is 18.6. The molecule has 5 rings (SSSR count). The Balaban J connectivity index is 1.71. The van der Waals surface area contributed by atoms with E-state index in [1.165, 1.54) is 42.9 Å². The summed E-state index contributed by atoms with van der Waals surface area (Å²) in [6, 6.07) is 2.54. The van der Waals surface area contributed by atoms with Gasteiger partial charge >= 0.3 is 6.55 Å². The van der Waals surface area contributed by atoms with Gasteiger partial charge in [0, 0.05) is 65.7 Å². The smallest absolute Gasteiger partial charge is 0.326 e. The quantitative estimate of drug-likeness (QED) is 0.462. The van der Waals surface area contributed by atoms with E-state index in [2.05, 4.69) is 19.5 Å². The number of amidine groups is 1. The SMILES string of the molecule is CNS(=O)(=O)N[C@H]1CC2=C(c3cnn(C(F)F)c3)[C@H](c3ccc(F)cc3Cl)N=C(c3nccs3)N2C1. The lowest BCUT2D eigenvalue weighted by Crippen LogP contribution is -2.43. The standard InChI is InChI=1S/C21H19ClF3N7O2S2/c1-26-36(33,34)30-13-7-16-17(11-8-28-32(9-11)21(24)25)18(14-3-2-12(23)6-15(14)22)29-19(31(16)10-13)20-27-4-5-35-20/h2-6,8-9,13,18,21,26,30H,7,10H2,1H3/t13-,18-/m0/s1. The first kappa shape index (κ1) is 24.9. The molecule has 15 heteroatoms. The van der Waals surface area contributed by atoms with Crippen LogP contribution in [0.25, 0.3) is 5.57 Å². The van der Waals surface area contributed by atoms with E-state index in [0.717, 1.165) is 6.07 Å². The predicted molar refractivity (Wildman–Crippen MR) is 129 cm³/mol. The van der Waals surface area contributed by atoms with Crippen molar-refractivity contribution in [3.63, 3.8) is 0 Å². The number of aromatic nitrogens is 3. The maximum Gasteiger partial charge on any atom is 0.333 e. The van der Waals surface area contributed by atoms with Crippen molar-refractivity contribution in [2.45, 2.75) is 25.1 Å². The highest BCUT2D eigenvalue weighted by molar-refractivity contribution is 7.87. The highest BCUT2D eigenvalue weighted by atomic mass is 35.5. The number of benzene rings is 1. The first-order valence-electron chi connectivity index (χ1n) is 10.6. The van der Waals surface area contributed by atoms with Crippen LogP contribution >= 0.6 is 22.9 Å². The van der Waals surface area contributed by atoms with Gasteiger partial charge in [0.1, 0.15) is 11.9 Å². The minimum Gasteiger partial charge on any atom is -0.326 e. The highest BCUT2D eigenvalue weighted by Crippen LogP contribution is 2.46. The molecule has 0 bridgehead atoms. The van der Waals surface area contributed by atoms with Crippen molar-refractivity contribution in [3.05, 3.63) is 74.8 Å². The second kappa shape index (κ2) is 9.59. The summed E-state index contributed by atoms with van der Waals surface area (Å²) in [7, 11) is -2.47. The molecule has 2 aromatic heterocycles. The van der Waals surface area contributed by atoms with Crippen LogP contribution < -0.4 is 9.44 Å². The summed E-state index contributed by atoms with van der Waals surface area (Å²) < 4.78 is 70.4. The van der Waals surface area contributed by atoms with Gasteiger partial charge in [-0.3, -0.25) is 4.99 Å². The van der Waals surface area contributed by atoms with Gasteiger partial charge in [0.2, 0.25) is 0 Å². The van der Waals surface area contributed by atoms with Gasteiger partial charge in [0.05, 0.1) is 6.20 Å². The van der Waals surface area contributed by atoms with E-state index in [9.17, 15) is 21.6 Å². The van der Waals surface area contributed by atoms with Crippen LogP contribution in [0.5, 0.6) is 0 Å². The number of nitrogens with zero attached hydrogens (tertiary/aromatic N) is 5. The van der Waals surface area contributed by atoms with Gasteiger partial charge in [0.15, 0.2) is 10.8 Å². The molecule has 2 N–H and O–H groups in total.